The molecule has 2 heterocycles. The molecule has 110 valence electrons. The topological polar surface area (TPSA) is 42.4 Å². The Morgan fingerprint density at radius 2 is 2.40 bits per heavy atom. The van der Waals surface area contributed by atoms with Crippen LogP contribution < -0.4 is 0 Å². The van der Waals surface area contributed by atoms with E-state index in [0.717, 1.165) is 32.3 Å². The Balaban J connectivity index is 1.94. The van der Waals surface area contributed by atoms with Crippen LogP contribution in [0.5, 0.6) is 0 Å². The lowest BCUT2D eigenvalue weighted by Crippen LogP contribution is -2.36. The number of pyridine rings is 1. The van der Waals surface area contributed by atoms with Gasteiger partial charge in [0.2, 0.25) is 0 Å². The highest BCUT2D eigenvalue weighted by atomic mass is 19.1. The van der Waals surface area contributed by atoms with Crippen LogP contribution in [0, 0.1) is 11.7 Å². The molecule has 4 nitrogen and oxygen atoms in total. The molecule has 2 rings (SSSR count). The van der Waals surface area contributed by atoms with E-state index in [0.29, 0.717) is 12.2 Å². The second kappa shape index (κ2) is 6.90. The van der Waals surface area contributed by atoms with Crippen molar-refractivity contribution in [1.82, 2.24) is 9.88 Å². The van der Waals surface area contributed by atoms with Crippen LogP contribution in [-0.2, 0) is 4.74 Å². The fraction of sp³-hybridized carbons (Fsp3) is 0.600. The smallest absolute Gasteiger partial charge is 0.185 e. The molecule has 0 aliphatic carbocycles. The van der Waals surface area contributed by atoms with Gasteiger partial charge in [-0.2, -0.15) is 0 Å². The molecule has 1 aromatic rings. The number of rotatable bonds is 4. The third-order valence-corrected chi connectivity index (χ3v) is 3.50. The Bertz CT molecular complexity index is 450. The predicted molar refractivity (Wildman–Crippen MR) is 74.2 cm³/mol. The Hall–Kier alpha value is -1.33. The zero-order valence-electron chi connectivity index (χ0n) is 12.0. The van der Waals surface area contributed by atoms with Crippen LogP contribution in [0.4, 0.5) is 4.39 Å². The zero-order chi connectivity index (χ0) is 14.5. The molecule has 0 amide bonds. The minimum atomic E-state index is -0.423. The third-order valence-electron chi connectivity index (χ3n) is 3.50. The van der Waals surface area contributed by atoms with E-state index in [9.17, 15) is 9.18 Å². The van der Waals surface area contributed by atoms with Crippen molar-refractivity contribution in [3.05, 3.63) is 29.8 Å². The van der Waals surface area contributed by atoms with Crippen molar-refractivity contribution in [2.24, 2.45) is 5.92 Å². The molecular formula is C15H21FN2O2. The van der Waals surface area contributed by atoms with E-state index in [1.165, 1.54) is 12.1 Å². The standard InChI is InChI=1S/C15H21FN2O2/c1-11(9-18-6-3-7-20-12(2)10-18)15(19)14-5-4-13(16)8-17-14/h4-5,8,11-12H,3,6-7,9-10H2,1-2H3. The molecule has 0 N–H and O–H groups in total. The minimum Gasteiger partial charge on any atom is -0.377 e. The summed E-state index contributed by atoms with van der Waals surface area (Å²) < 4.78 is 18.4. The first kappa shape index (κ1) is 15.1. The van der Waals surface area contributed by atoms with Crippen molar-refractivity contribution < 1.29 is 13.9 Å². The normalized spacial score (nSPS) is 22.2. The van der Waals surface area contributed by atoms with E-state index in [2.05, 4.69) is 9.88 Å². The molecule has 5 heteroatoms. The van der Waals surface area contributed by atoms with Gasteiger partial charge in [-0.05, 0) is 25.5 Å². The Labute approximate surface area is 118 Å². The SMILES string of the molecule is CC1CN(CC(C)C(=O)c2ccc(F)cn2)CCCO1. The fourth-order valence-electron chi connectivity index (χ4n) is 2.49. The van der Waals surface area contributed by atoms with Crippen LogP contribution in [0.2, 0.25) is 0 Å². The zero-order valence-corrected chi connectivity index (χ0v) is 12.0. The maximum atomic E-state index is 12.8. The minimum absolute atomic E-state index is 0.0391. The van der Waals surface area contributed by atoms with Gasteiger partial charge in [0.05, 0.1) is 12.3 Å². The summed E-state index contributed by atoms with van der Waals surface area (Å²) >= 11 is 0. The van der Waals surface area contributed by atoms with Gasteiger partial charge in [-0.25, -0.2) is 4.39 Å². The summed E-state index contributed by atoms with van der Waals surface area (Å²) in [4.78, 5) is 18.4. The number of ether oxygens (including phenoxy) is 1. The first-order chi connectivity index (χ1) is 9.56. The summed E-state index contributed by atoms with van der Waals surface area (Å²) in [7, 11) is 0. The number of ketones is 1. The summed E-state index contributed by atoms with van der Waals surface area (Å²) in [6.07, 6.45) is 2.27. The van der Waals surface area contributed by atoms with Crippen molar-refractivity contribution >= 4 is 5.78 Å². The van der Waals surface area contributed by atoms with Crippen molar-refractivity contribution in [2.75, 3.05) is 26.2 Å². The molecular weight excluding hydrogens is 259 g/mol. The van der Waals surface area contributed by atoms with Crippen LogP contribution >= 0.6 is 0 Å². The molecule has 0 bridgehead atoms. The van der Waals surface area contributed by atoms with E-state index in [-0.39, 0.29) is 17.8 Å². The molecule has 1 aliphatic heterocycles. The Kier molecular flexibility index (Phi) is 5.20. The number of hydrogen-bond donors (Lipinski definition) is 0. The van der Waals surface area contributed by atoms with Gasteiger partial charge in [0.15, 0.2) is 5.78 Å². The van der Waals surface area contributed by atoms with Crippen molar-refractivity contribution in [1.29, 1.82) is 0 Å². The number of aromatic nitrogens is 1. The van der Waals surface area contributed by atoms with Crippen LogP contribution in [0.25, 0.3) is 0 Å². The van der Waals surface area contributed by atoms with Gasteiger partial charge >= 0.3 is 0 Å². The van der Waals surface area contributed by atoms with Crippen molar-refractivity contribution in [3.63, 3.8) is 0 Å². The molecule has 0 radical (unpaired) electrons. The highest BCUT2D eigenvalue weighted by molar-refractivity contribution is 5.95. The second-order valence-electron chi connectivity index (χ2n) is 5.42. The van der Waals surface area contributed by atoms with Gasteiger partial charge < -0.3 is 4.74 Å². The fourth-order valence-corrected chi connectivity index (χ4v) is 2.49. The number of Topliss-reactive ketones (excluding diaryl/α,β-unsaturated/α-hetero) is 1. The van der Waals surface area contributed by atoms with E-state index >= 15 is 0 Å². The average Bonchev–Trinajstić information content (AvgIpc) is 2.63. The maximum absolute atomic E-state index is 12.8. The number of nitrogens with zero attached hydrogens (tertiary/aromatic N) is 2. The number of hydrogen-bond acceptors (Lipinski definition) is 4. The third kappa shape index (κ3) is 4.08. The van der Waals surface area contributed by atoms with Gasteiger partial charge in [0.25, 0.3) is 0 Å². The lowest BCUT2D eigenvalue weighted by atomic mass is 10.0. The molecule has 1 fully saturated rings. The summed E-state index contributed by atoms with van der Waals surface area (Å²) in [6.45, 7) is 7.19. The number of carbonyl (C=O) groups is 1. The highest BCUT2D eigenvalue weighted by Gasteiger charge is 2.22. The van der Waals surface area contributed by atoms with Crippen molar-refractivity contribution in [2.45, 2.75) is 26.4 Å². The monoisotopic (exact) mass is 280 g/mol. The second-order valence-corrected chi connectivity index (χ2v) is 5.42. The summed E-state index contributed by atoms with van der Waals surface area (Å²) in [6, 6.07) is 2.72. The van der Waals surface area contributed by atoms with Gasteiger partial charge in [-0.15, -0.1) is 0 Å². The van der Waals surface area contributed by atoms with E-state index in [4.69, 9.17) is 4.74 Å². The van der Waals surface area contributed by atoms with Gasteiger partial charge in [0, 0.05) is 32.2 Å². The average molecular weight is 280 g/mol. The predicted octanol–water partition coefficient (Wildman–Crippen LogP) is 2.15. The van der Waals surface area contributed by atoms with E-state index in [1.54, 1.807) is 0 Å². The van der Waals surface area contributed by atoms with Crippen LogP contribution in [0.15, 0.2) is 18.3 Å². The maximum Gasteiger partial charge on any atom is 0.185 e. The molecule has 0 aromatic carbocycles. The summed E-state index contributed by atoms with van der Waals surface area (Å²) in [5.74, 6) is -0.617. The largest absolute Gasteiger partial charge is 0.377 e. The van der Waals surface area contributed by atoms with E-state index < -0.39 is 5.82 Å². The lowest BCUT2D eigenvalue weighted by Gasteiger charge is -2.24. The molecule has 2 unspecified atom stereocenters. The van der Waals surface area contributed by atoms with Crippen LogP contribution in [-0.4, -0.2) is 48.0 Å². The molecule has 0 saturated carbocycles. The van der Waals surface area contributed by atoms with Crippen molar-refractivity contribution in [3.8, 4) is 0 Å². The summed E-state index contributed by atoms with van der Waals surface area (Å²) in [5.41, 5.74) is 0.332. The molecule has 2 atom stereocenters. The van der Waals surface area contributed by atoms with Crippen LogP contribution in [0.1, 0.15) is 30.8 Å². The van der Waals surface area contributed by atoms with Crippen LogP contribution in [0.3, 0.4) is 0 Å². The summed E-state index contributed by atoms with van der Waals surface area (Å²) in [5, 5.41) is 0. The molecule has 1 saturated heterocycles. The molecule has 1 aromatic heterocycles. The van der Waals surface area contributed by atoms with Gasteiger partial charge in [-0.1, -0.05) is 6.92 Å². The molecule has 20 heavy (non-hydrogen) atoms. The first-order valence-corrected chi connectivity index (χ1v) is 7.06. The number of carbonyl (C=O) groups excluding carboxylic acids is 1. The number of halogens is 1. The quantitative estimate of drug-likeness (QED) is 0.793. The van der Waals surface area contributed by atoms with E-state index in [1.807, 2.05) is 13.8 Å². The van der Waals surface area contributed by atoms with Gasteiger partial charge in [-0.3, -0.25) is 14.7 Å². The molecule has 0 spiro atoms. The molecule has 1 aliphatic rings. The Morgan fingerprint density at radius 1 is 1.60 bits per heavy atom. The van der Waals surface area contributed by atoms with Gasteiger partial charge in [0.1, 0.15) is 11.5 Å². The lowest BCUT2D eigenvalue weighted by molar-refractivity contribution is 0.0640. The first-order valence-electron chi connectivity index (χ1n) is 7.06. The highest BCUT2D eigenvalue weighted by Crippen LogP contribution is 2.12. The Morgan fingerprint density at radius 3 is 3.10 bits per heavy atom.